The van der Waals surface area contributed by atoms with Gasteiger partial charge in [0.15, 0.2) is 0 Å². The summed E-state index contributed by atoms with van der Waals surface area (Å²) in [7, 11) is 0. The van der Waals surface area contributed by atoms with Gasteiger partial charge in [0, 0.05) is 6.54 Å². The molecule has 3 saturated heterocycles. The van der Waals surface area contributed by atoms with Crippen LogP contribution in [0.3, 0.4) is 0 Å². The summed E-state index contributed by atoms with van der Waals surface area (Å²) in [5.41, 5.74) is 0.0128. The molecular formula is C30H36N6O5. The first-order valence-electron chi connectivity index (χ1n) is 14.3. The van der Waals surface area contributed by atoms with Crippen molar-refractivity contribution in [3.8, 4) is 0 Å². The molecule has 1 spiro atoms. The molecule has 3 N–H and O–H groups in total. The van der Waals surface area contributed by atoms with Gasteiger partial charge in [0.05, 0.1) is 35.6 Å². The van der Waals surface area contributed by atoms with E-state index >= 15 is 0 Å². The highest BCUT2D eigenvalue weighted by Gasteiger charge is 2.80. The number of nitrogens with zero attached hydrogens (tertiary/aromatic N) is 4. The van der Waals surface area contributed by atoms with Crippen molar-refractivity contribution in [1.82, 2.24) is 30.5 Å². The van der Waals surface area contributed by atoms with Crippen molar-refractivity contribution in [2.45, 2.75) is 63.6 Å². The third-order valence-electron chi connectivity index (χ3n) is 9.35. The fourth-order valence-corrected chi connectivity index (χ4v) is 7.38. The summed E-state index contributed by atoms with van der Waals surface area (Å²) >= 11 is 0. The molecule has 1 aromatic heterocycles. The van der Waals surface area contributed by atoms with Crippen LogP contribution in [0.1, 0.15) is 45.2 Å². The lowest BCUT2D eigenvalue weighted by Crippen LogP contribution is -2.56. The molecule has 6 rings (SSSR count). The number of nitrogens with one attached hydrogen (secondary N) is 2. The number of aromatic nitrogens is 3. The molecule has 4 heterocycles. The third-order valence-corrected chi connectivity index (χ3v) is 9.35. The number of likely N-dealkylation sites (tertiary alicyclic amines) is 1. The molecule has 2 aromatic carbocycles. The Morgan fingerprint density at radius 3 is 2.59 bits per heavy atom. The third kappa shape index (κ3) is 4.05. The number of aliphatic hydroxyl groups excluding tert-OH is 1. The number of benzene rings is 2. The van der Waals surface area contributed by atoms with Crippen LogP contribution < -0.4 is 10.6 Å². The Bertz CT molecular complexity index is 1480. The minimum absolute atomic E-state index is 0.0288. The van der Waals surface area contributed by atoms with Gasteiger partial charge in [0.1, 0.15) is 23.8 Å². The second-order valence-corrected chi connectivity index (χ2v) is 11.6. The lowest BCUT2D eigenvalue weighted by atomic mass is 9.62. The minimum Gasteiger partial charge on any atom is -0.394 e. The molecule has 3 unspecified atom stereocenters. The first kappa shape index (κ1) is 27.3. The SMILES string of the molecule is CCCNC(=O)[C@H]1[C@H]2C(=O)N([C@H](CO)c3ccccc3)C(C(=O)NCn3nnc4ccccc43)C23CC(C)[C@]1(C)O3. The van der Waals surface area contributed by atoms with Crippen molar-refractivity contribution in [2.75, 3.05) is 13.2 Å². The van der Waals surface area contributed by atoms with Crippen LogP contribution in [0.2, 0.25) is 0 Å². The number of hydrogen-bond donors (Lipinski definition) is 3. The van der Waals surface area contributed by atoms with Crippen LogP contribution in [0, 0.1) is 17.8 Å². The predicted molar refractivity (Wildman–Crippen MR) is 149 cm³/mol. The lowest BCUT2D eigenvalue weighted by molar-refractivity contribution is -0.151. The Kier molecular flexibility index (Phi) is 6.82. The van der Waals surface area contributed by atoms with Crippen LogP contribution in [-0.4, -0.2) is 73.1 Å². The molecule has 0 aliphatic carbocycles. The van der Waals surface area contributed by atoms with E-state index in [1.165, 1.54) is 4.90 Å². The first-order valence-corrected chi connectivity index (χ1v) is 14.3. The smallest absolute Gasteiger partial charge is 0.247 e. The maximum absolute atomic E-state index is 14.5. The molecule has 3 aliphatic rings. The van der Waals surface area contributed by atoms with Gasteiger partial charge in [-0.05, 0) is 43.4 Å². The lowest BCUT2D eigenvalue weighted by Gasteiger charge is -2.37. The summed E-state index contributed by atoms with van der Waals surface area (Å²) in [4.78, 5) is 43.8. The second-order valence-electron chi connectivity index (χ2n) is 11.6. The van der Waals surface area contributed by atoms with E-state index in [4.69, 9.17) is 4.74 Å². The highest BCUT2D eigenvalue weighted by molar-refractivity contribution is 5.99. The molecule has 216 valence electrons. The topological polar surface area (TPSA) is 139 Å². The summed E-state index contributed by atoms with van der Waals surface area (Å²) < 4.78 is 8.35. The predicted octanol–water partition coefficient (Wildman–Crippen LogP) is 1.78. The maximum Gasteiger partial charge on any atom is 0.247 e. The number of rotatable bonds is 9. The summed E-state index contributed by atoms with van der Waals surface area (Å²) in [5.74, 6) is -2.73. The van der Waals surface area contributed by atoms with Crippen LogP contribution in [0.4, 0.5) is 0 Å². The monoisotopic (exact) mass is 560 g/mol. The molecule has 3 amide bonds. The van der Waals surface area contributed by atoms with Gasteiger partial charge in [-0.15, -0.1) is 5.10 Å². The number of hydrogen-bond acceptors (Lipinski definition) is 7. The summed E-state index contributed by atoms with van der Waals surface area (Å²) in [5, 5.41) is 24.9. The van der Waals surface area contributed by atoms with Gasteiger partial charge in [-0.25, -0.2) is 4.68 Å². The van der Waals surface area contributed by atoms with Gasteiger partial charge in [-0.3, -0.25) is 14.4 Å². The van der Waals surface area contributed by atoms with Gasteiger partial charge < -0.3 is 25.4 Å². The summed E-state index contributed by atoms with van der Waals surface area (Å²) in [6.07, 6.45) is 1.19. The average molecular weight is 561 g/mol. The van der Waals surface area contributed by atoms with Crippen molar-refractivity contribution in [3.05, 3.63) is 60.2 Å². The van der Waals surface area contributed by atoms with Gasteiger partial charge in [0.25, 0.3) is 0 Å². The van der Waals surface area contributed by atoms with E-state index < -0.39 is 47.6 Å². The number of para-hydroxylation sites is 1. The Morgan fingerprint density at radius 1 is 1.12 bits per heavy atom. The fraction of sp³-hybridized carbons (Fsp3) is 0.500. The Morgan fingerprint density at radius 2 is 1.85 bits per heavy atom. The zero-order valence-corrected chi connectivity index (χ0v) is 23.5. The molecule has 3 aromatic rings. The molecular weight excluding hydrogens is 524 g/mol. The van der Waals surface area contributed by atoms with Crippen molar-refractivity contribution >= 4 is 28.8 Å². The summed E-state index contributed by atoms with van der Waals surface area (Å²) in [6, 6.07) is 14.7. The number of aliphatic hydroxyl groups is 1. The van der Waals surface area contributed by atoms with Gasteiger partial charge in [0.2, 0.25) is 17.7 Å². The highest BCUT2D eigenvalue weighted by atomic mass is 16.5. The van der Waals surface area contributed by atoms with Crippen LogP contribution in [0.5, 0.6) is 0 Å². The zero-order chi connectivity index (χ0) is 28.9. The van der Waals surface area contributed by atoms with Crippen molar-refractivity contribution in [2.24, 2.45) is 17.8 Å². The van der Waals surface area contributed by atoms with E-state index in [1.54, 1.807) is 4.68 Å². The Hall–Kier alpha value is -3.83. The molecule has 11 nitrogen and oxygen atoms in total. The van der Waals surface area contributed by atoms with Gasteiger partial charge in [-0.2, -0.15) is 0 Å². The minimum atomic E-state index is -1.23. The van der Waals surface area contributed by atoms with E-state index in [-0.39, 0.29) is 24.4 Å². The number of amides is 3. The first-order chi connectivity index (χ1) is 19.8. The molecule has 2 bridgehead atoms. The highest BCUT2D eigenvalue weighted by Crippen LogP contribution is 2.65. The van der Waals surface area contributed by atoms with Crippen LogP contribution in [0.25, 0.3) is 11.0 Å². The van der Waals surface area contributed by atoms with Gasteiger partial charge in [-0.1, -0.05) is 61.5 Å². The molecule has 3 aliphatic heterocycles. The van der Waals surface area contributed by atoms with Crippen molar-refractivity contribution < 1.29 is 24.2 Å². The van der Waals surface area contributed by atoms with Crippen molar-refractivity contribution in [1.29, 1.82) is 0 Å². The van der Waals surface area contributed by atoms with Crippen LogP contribution in [0.15, 0.2) is 54.6 Å². The number of carbonyl (C=O) groups excluding carboxylic acids is 3. The Balaban J connectivity index is 1.41. The Labute approximate surface area is 238 Å². The number of carbonyl (C=O) groups is 3. The average Bonchev–Trinajstić information content (AvgIpc) is 3.65. The van der Waals surface area contributed by atoms with Crippen molar-refractivity contribution in [3.63, 3.8) is 0 Å². The molecule has 3 fully saturated rings. The van der Waals surface area contributed by atoms with E-state index in [0.29, 0.717) is 24.0 Å². The molecule has 0 radical (unpaired) electrons. The molecule has 0 saturated carbocycles. The molecule has 7 atom stereocenters. The van der Waals surface area contributed by atoms with E-state index in [2.05, 4.69) is 20.9 Å². The number of fused-ring (bicyclic) bond motifs is 2. The zero-order valence-electron chi connectivity index (χ0n) is 23.5. The normalized spacial score (nSPS) is 30.9. The summed E-state index contributed by atoms with van der Waals surface area (Å²) in [6.45, 7) is 5.98. The quantitative estimate of drug-likeness (QED) is 0.363. The number of ether oxygens (including phenoxy) is 1. The van der Waals surface area contributed by atoms with E-state index in [9.17, 15) is 19.5 Å². The fourth-order valence-electron chi connectivity index (χ4n) is 7.38. The standard InChI is InChI=1S/C30H36N6O5/c1-4-14-31-26(38)23-24-28(40)36(22(16-37)19-10-6-5-7-11-19)25(30(24)15-18(2)29(23,3)41-30)27(39)32-17-35-21-13-9-8-12-20(21)33-34-35/h5-13,18,22-25,37H,4,14-17H2,1-3H3,(H,31,38)(H,32,39)/t18?,22-,23-,24+,25?,29+,30?/m1/s1. The van der Waals surface area contributed by atoms with E-state index in [1.807, 2.05) is 75.4 Å². The molecule has 11 heteroatoms. The van der Waals surface area contributed by atoms with E-state index in [0.717, 1.165) is 11.9 Å². The largest absolute Gasteiger partial charge is 0.394 e. The van der Waals surface area contributed by atoms with Crippen LogP contribution in [-0.2, 0) is 25.8 Å². The van der Waals surface area contributed by atoms with Crippen LogP contribution >= 0.6 is 0 Å². The molecule has 41 heavy (non-hydrogen) atoms. The maximum atomic E-state index is 14.5. The second kappa shape index (κ2) is 10.2. The van der Waals surface area contributed by atoms with Gasteiger partial charge >= 0.3 is 0 Å².